The largest absolute Gasteiger partial charge is 0.388 e. The fourth-order valence-electron chi connectivity index (χ4n) is 2.07. The Bertz CT molecular complexity index is 212. The molecule has 0 fully saturated rings. The lowest BCUT2D eigenvalue weighted by atomic mass is 10.0. The topological polar surface area (TPSA) is 35.5 Å². The van der Waals surface area contributed by atoms with Crippen LogP contribution in [0.1, 0.15) is 26.2 Å². The van der Waals surface area contributed by atoms with Crippen LogP contribution in [0.15, 0.2) is 12.2 Å². The highest BCUT2D eigenvalue weighted by atomic mass is 16.3. The van der Waals surface area contributed by atoms with Crippen LogP contribution >= 0.6 is 0 Å². The standard InChI is InChI=1S/C12H24N2O/c1-12(15,10-14(2)3)9-13-11-7-5-4-6-8-11/h5,7,11,13,15H,4,6,8-10H2,1-3H3. The molecule has 0 bridgehead atoms. The van der Waals surface area contributed by atoms with Crippen molar-refractivity contribution in [3.8, 4) is 0 Å². The first-order chi connectivity index (χ1) is 6.99. The molecule has 1 rings (SSSR count). The molecule has 0 saturated heterocycles. The Labute approximate surface area is 93.2 Å². The summed E-state index contributed by atoms with van der Waals surface area (Å²) in [6.07, 6.45) is 8.09. The number of aliphatic hydroxyl groups is 1. The molecule has 15 heavy (non-hydrogen) atoms. The van der Waals surface area contributed by atoms with Gasteiger partial charge in [-0.25, -0.2) is 0 Å². The molecule has 2 N–H and O–H groups in total. The number of likely N-dealkylation sites (N-methyl/N-ethyl adjacent to an activating group) is 1. The van der Waals surface area contributed by atoms with Gasteiger partial charge in [-0.15, -0.1) is 0 Å². The summed E-state index contributed by atoms with van der Waals surface area (Å²) in [4.78, 5) is 2.01. The van der Waals surface area contributed by atoms with Gasteiger partial charge in [-0.2, -0.15) is 0 Å². The van der Waals surface area contributed by atoms with Crippen LogP contribution in [-0.2, 0) is 0 Å². The first-order valence-corrected chi connectivity index (χ1v) is 5.77. The predicted octanol–water partition coefficient (Wildman–Crippen LogP) is 0.997. The van der Waals surface area contributed by atoms with Gasteiger partial charge in [0.05, 0.1) is 5.60 Å². The summed E-state index contributed by atoms with van der Waals surface area (Å²) in [6.45, 7) is 3.23. The van der Waals surface area contributed by atoms with Gasteiger partial charge in [0.15, 0.2) is 0 Å². The van der Waals surface area contributed by atoms with Gasteiger partial charge in [0, 0.05) is 19.1 Å². The first kappa shape index (κ1) is 12.7. The third-order valence-electron chi connectivity index (χ3n) is 2.66. The zero-order valence-electron chi connectivity index (χ0n) is 10.2. The van der Waals surface area contributed by atoms with E-state index in [1.807, 2.05) is 25.9 Å². The normalized spacial score (nSPS) is 25.5. The average Bonchev–Trinajstić information content (AvgIpc) is 2.15. The van der Waals surface area contributed by atoms with Crippen molar-refractivity contribution in [2.24, 2.45) is 0 Å². The van der Waals surface area contributed by atoms with Crippen molar-refractivity contribution in [1.29, 1.82) is 0 Å². The van der Waals surface area contributed by atoms with Gasteiger partial charge in [0.1, 0.15) is 0 Å². The van der Waals surface area contributed by atoms with Gasteiger partial charge < -0.3 is 15.3 Å². The molecule has 0 saturated carbocycles. The minimum absolute atomic E-state index is 0.451. The van der Waals surface area contributed by atoms with Crippen LogP contribution in [-0.4, -0.2) is 48.8 Å². The van der Waals surface area contributed by atoms with Crippen LogP contribution in [0.3, 0.4) is 0 Å². The van der Waals surface area contributed by atoms with E-state index in [2.05, 4.69) is 17.5 Å². The van der Waals surface area contributed by atoms with E-state index in [1.165, 1.54) is 19.3 Å². The van der Waals surface area contributed by atoms with Gasteiger partial charge >= 0.3 is 0 Å². The first-order valence-electron chi connectivity index (χ1n) is 5.77. The van der Waals surface area contributed by atoms with Crippen molar-refractivity contribution >= 4 is 0 Å². The maximum atomic E-state index is 10.1. The van der Waals surface area contributed by atoms with Crippen LogP contribution < -0.4 is 5.32 Å². The molecule has 3 nitrogen and oxygen atoms in total. The molecule has 2 atom stereocenters. The van der Waals surface area contributed by atoms with Crippen LogP contribution in [0, 0.1) is 0 Å². The molecule has 88 valence electrons. The second-order valence-corrected chi connectivity index (χ2v) is 5.08. The summed E-state index contributed by atoms with van der Waals surface area (Å²) >= 11 is 0. The Morgan fingerprint density at radius 3 is 2.80 bits per heavy atom. The number of allylic oxidation sites excluding steroid dienone is 1. The highest BCUT2D eigenvalue weighted by Gasteiger charge is 2.22. The molecule has 2 unspecified atom stereocenters. The molecule has 0 amide bonds. The summed E-state index contributed by atoms with van der Waals surface area (Å²) in [5.74, 6) is 0. The van der Waals surface area contributed by atoms with E-state index in [0.29, 0.717) is 19.1 Å². The quantitative estimate of drug-likeness (QED) is 0.667. The molecule has 1 aliphatic rings. The number of hydrogen-bond acceptors (Lipinski definition) is 3. The summed E-state index contributed by atoms with van der Waals surface area (Å²) in [6, 6.07) is 0.451. The Hall–Kier alpha value is -0.380. The van der Waals surface area contributed by atoms with Crippen molar-refractivity contribution in [3.63, 3.8) is 0 Å². The van der Waals surface area contributed by atoms with Crippen LogP contribution in [0.4, 0.5) is 0 Å². The fraction of sp³-hybridized carbons (Fsp3) is 0.833. The Kier molecular flexibility index (Phi) is 4.77. The summed E-state index contributed by atoms with van der Waals surface area (Å²) < 4.78 is 0. The second-order valence-electron chi connectivity index (χ2n) is 5.08. The van der Waals surface area contributed by atoms with Crippen molar-refractivity contribution in [2.75, 3.05) is 27.2 Å². The van der Waals surface area contributed by atoms with Gasteiger partial charge in [-0.3, -0.25) is 0 Å². The van der Waals surface area contributed by atoms with Crippen molar-refractivity contribution in [1.82, 2.24) is 10.2 Å². The molecule has 0 aromatic rings. The molecule has 0 aromatic carbocycles. The van der Waals surface area contributed by atoms with Gasteiger partial charge in [-0.05, 0) is 40.3 Å². The molecule has 0 radical (unpaired) electrons. The van der Waals surface area contributed by atoms with E-state index in [9.17, 15) is 5.11 Å². The summed E-state index contributed by atoms with van der Waals surface area (Å²) in [5, 5.41) is 13.5. The van der Waals surface area contributed by atoms with Crippen molar-refractivity contribution in [2.45, 2.75) is 37.8 Å². The SMILES string of the molecule is CN(C)CC(C)(O)CNC1C=CCCC1. The number of hydrogen-bond donors (Lipinski definition) is 2. The van der Waals surface area contributed by atoms with Crippen molar-refractivity contribution in [3.05, 3.63) is 12.2 Å². The molecule has 0 heterocycles. The third kappa shape index (κ3) is 5.30. The van der Waals surface area contributed by atoms with Crippen LogP contribution in [0.5, 0.6) is 0 Å². The van der Waals surface area contributed by atoms with E-state index < -0.39 is 5.60 Å². The minimum Gasteiger partial charge on any atom is -0.388 e. The monoisotopic (exact) mass is 212 g/mol. The zero-order chi connectivity index (χ0) is 11.3. The highest BCUT2D eigenvalue weighted by Crippen LogP contribution is 2.11. The number of nitrogens with one attached hydrogen (secondary N) is 1. The lowest BCUT2D eigenvalue weighted by Crippen LogP contribution is -2.48. The van der Waals surface area contributed by atoms with E-state index >= 15 is 0 Å². The average molecular weight is 212 g/mol. The number of nitrogens with zero attached hydrogens (tertiary/aromatic N) is 1. The Morgan fingerprint density at radius 2 is 2.27 bits per heavy atom. The lowest BCUT2D eigenvalue weighted by Gasteiger charge is -2.29. The smallest absolute Gasteiger partial charge is 0.0869 e. The summed E-state index contributed by atoms with van der Waals surface area (Å²) in [5.41, 5.74) is -0.644. The molecule has 0 spiro atoms. The van der Waals surface area contributed by atoms with Gasteiger partial charge in [-0.1, -0.05) is 12.2 Å². The highest BCUT2D eigenvalue weighted by molar-refractivity contribution is 4.98. The predicted molar refractivity (Wildman–Crippen MR) is 64.0 cm³/mol. The van der Waals surface area contributed by atoms with Gasteiger partial charge in [0.2, 0.25) is 0 Å². The third-order valence-corrected chi connectivity index (χ3v) is 2.66. The summed E-state index contributed by atoms with van der Waals surface area (Å²) in [7, 11) is 3.96. The molecular weight excluding hydrogens is 188 g/mol. The molecule has 1 aliphatic carbocycles. The van der Waals surface area contributed by atoms with E-state index in [4.69, 9.17) is 0 Å². The maximum Gasteiger partial charge on any atom is 0.0869 e. The fourth-order valence-corrected chi connectivity index (χ4v) is 2.07. The van der Waals surface area contributed by atoms with Crippen molar-refractivity contribution < 1.29 is 5.11 Å². The second kappa shape index (κ2) is 5.64. The lowest BCUT2D eigenvalue weighted by molar-refractivity contribution is 0.0321. The molecule has 0 aromatic heterocycles. The number of rotatable bonds is 5. The Balaban J connectivity index is 2.28. The zero-order valence-corrected chi connectivity index (χ0v) is 10.2. The molecule has 0 aliphatic heterocycles. The van der Waals surface area contributed by atoms with E-state index in [1.54, 1.807) is 0 Å². The maximum absolute atomic E-state index is 10.1. The molecule has 3 heteroatoms. The Morgan fingerprint density at radius 1 is 1.53 bits per heavy atom. The molecular formula is C12H24N2O. The van der Waals surface area contributed by atoms with E-state index in [0.717, 1.165) is 0 Å². The van der Waals surface area contributed by atoms with Gasteiger partial charge in [0.25, 0.3) is 0 Å². The van der Waals surface area contributed by atoms with Crippen LogP contribution in [0.25, 0.3) is 0 Å². The minimum atomic E-state index is -0.644. The van der Waals surface area contributed by atoms with Crippen LogP contribution in [0.2, 0.25) is 0 Å². The van der Waals surface area contributed by atoms with E-state index in [-0.39, 0.29) is 0 Å².